The molecular weight excluding hydrogens is 485 g/mol. The lowest BCUT2D eigenvalue weighted by atomic mass is 9.90. The number of aromatic amines is 1. The van der Waals surface area contributed by atoms with Crippen LogP contribution in [0.25, 0.3) is 10.9 Å². The zero-order chi connectivity index (χ0) is 26.5. The predicted octanol–water partition coefficient (Wildman–Crippen LogP) is 4.95. The molecule has 1 N–H and O–H groups in total. The van der Waals surface area contributed by atoms with E-state index in [1.807, 2.05) is 23.1 Å². The Morgan fingerprint density at radius 2 is 1.97 bits per heavy atom. The van der Waals surface area contributed by atoms with E-state index in [2.05, 4.69) is 18.0 Å². The van der Waals surface area contributed by atoms with Gasteiger partial charge >= 0.3 is 0 Å². The van der Waals surface area contributed by atoms with Crippen molar-refractivity contribution in [2.75, 3.05) is 39.4 Å². The summed E-state index contributed by atoms with van der Waals surface area (Å²) in [5.41, 5.74) is 0.681. The largest absolute Gasteiger partial charge is 0.491 e. The predicted molar refractivity (Wildman–Crippen MR) is 144 cm³/mol. The molecule has 1 unspecified atom stereocenters. The number of carbonyl (C=O) groups excluding carboxylic acids is 2. The number of aromatic nitrogens is 1. The van der Waals surface area contributed by atoms with E-state index in [-0.39, 0.29) is 25.0 Å². The van der Waals surface area contributed by atoms with Crippen molar-refractivity contribution >= 4 is 22.7 Å². The fourth-order valence-corrected chi connectivity index (χ4v) is 5.54. The van der Waals surface area contributed by atoms with Gasteiger partial charge in [-0.3, -0.25) is 9.59 Å². The van der Waals surface area contributed by atoms with Crippen LogP contribution in [0.1, 0.15) is 55.1 Å². The third-order valence-electron chi connectivity index (χ3n) is 7.64. The molecule has 2 aliphatic heterocycles. The maximum Gasteiger partial charge on any atom is 0.270 e. The number of rotatable bonds is 4. The van der Waals surface area contributed by atoms with Crippen LogP contribution in [0.4, 0.5) is 4.39 Å². The highest BCUT2D eigenvalue weighted by atomic mass is 19.1. The van der Waals surface area contributed by atoms with Gasteiger partial charge in [-0.1, -0.05) is 43.7 Å². The Labute approximate surface area is 222 Å². The standard InChI is InChI=1S/C30H36FN3O4/c1-2-3-15-33-16-18-37-26-13-5-4-9-22(26)10-6-7-14-30(29(33)36)21-34(17-19-38-30)28(35)25-20-23-11-8-12-24(31)27(23)32-25/h4-5,8-9,11-13,20,32H,2-3,6-7,10,14-19,21H2,1H3. The van der Waals surface area contributed by atoms with E-state index in [0.717, 1.165) is 37.9 Å². The van der Waals surface area contributed by atoms with Crippen LogP contribution in [0.3, 0.4) is 0 Å². The fraction of sp³-hybridized carbons (Fsp3) is 0.467. The summed E-state index contributed by atoms with van der Waals surface area (Å²) in [6, 6.07) is 14.5. The number of fused-ring (bicyclic) bond motifs is 2. The van der Waals surface area contributed by atoms with E-state index >= 15 is 0 Å². The average Bonchev–Trinajstić information content (AvgIpc) is 3.38. The third kappa shape index (κ3) is 5.41. The molecular formula is C30H36FN3O4. The fourth-order valence-electron chi connectivity index (χ4n) is 5.54. The highest BCUT2D eigenvalue weighted by Crippen LogP contribution is 2.31. The van der Waals surface area contributed by atoms with E-state index < -0.39 is 11.4 Å². The second kappa shape index (κ2) is 11.6. The van der Waals surface area contributed by atoms with Crippen LogP contribution in [0, 0.1) is 5.82 Å². The number of para-hydroxylation sites is 2. The summed E-state index contributed by atoms with van der Waals surface area (Å²) in [4.78, 5) is 34.2. The second-order valence-corrected chi connectivity index (χ2v) is 10.3. The molecule has 1 saturated heterocycles. The molecule has 8 heteroatoms. The van der Waals surface area contributed by atoms with Gasteiger partial charge in [-0.25, -0.2) is 4.39 Å². The number of amides is 2. The van der Waals surface area contributed by atoms with Crippen LogP contribution >= 0.6 is 0 Å². The molecule has 0 aliphatic carbocycles. The van der Waals surface area contributed by atoms with Crippen LogP contribution in [-0.2, 0) is 16.0 Å². The normalized spacial score (nSPS) is 21.1. The topological polar surface area (TPSA) is 74.9 Å². The summed E-state index contributed by atoms with van der Waals surface area (Å²) in [7, 11) is 0. The van der Waals surface area contributed by atoms with Crippen LogP contribution < -0.4 is 4.74 Å². The Balaban J connectivity index is 1.40. The van der Waals surface area contributed by atoms with Crippen molar-refractivity contribution in [3.05, 3.63) is 65.6 Å². The summed E-state index contributed by atoms with van der Waals surface area (Å²) < 4.78 is 26.7. The van der Waals surface area contributed by atoms with Gasteiger partial charge in [0.15, 0.2) is 5.60 Å². The second-order valence-electron chi connectivity index (χ2n) is 10.3. The van der Waals surface area contributed by atoms with Crippen molar-refractivity contribution in [2.24, 2.45) is 0 Å². The van der Waals surface area contributed by atoms with Gasteiger partial charge in [0, 0.05) is 18.5 Å². The minimum atomic E-state index is -1.11. The number of halogens is 1. The van der Waals surface area contributed by atoms with Gasteiger partial charge in [-0.05, 0) is 55.9 Å². The molecule has 0 radical (unpaired) electrons. The van der Waals surface area contributed by atoms with Crippen molar-refractivity contribution < 1.29 is 23.5 Å². The number of hydrogen-bond donors (Lipinski definition) is 1. The smallest absolute Gasteiger partial charge is 0.270 e. The van der Waals surface area contributed by atoms with Crippen LogP contribution in [0.5, 0.6) is 5.75 Å². The number of H-pyrrole nitrogens is 1. The summed E-state index contributed by atoms with van der Waals surface area (Å²) >= 11 is 0. The lowest BCUT2D eigenvalue weighted by Crippen LogP contribution is -2.62. The van der Waals surface area contributed by atoms with E-state index in [4.69, 9.17) is 9.47 Å². The monoisotopic (exact) mass is 521 g/mol. The number of nitrogens with one attached hydrogen (secondary N) is 1. The Hall–Kier alpha value is -3.39. The Kier molecular flexibility index (Phi) is 7.98. The summed E-state index contributed by atoms with van der Waals surface area (Å²) in [6.07, 6.45) is 4.88. The van der Waals surface area contributed by atoms with Gasteiger partial charge in [-0.15, -0.1) is 0 Å². The van der Waals surface area contributed by atoms with E-state index in [1.165, 1.54) is 11.6 Å². The maximum atomic E-state index is 14.3. The Morgan fingerprint density at radius 1 is 1.11 bits per heavy atom. The van der Waals surface area contributed by atoms with E-state index in [0.29, 0.717) is 49.3 Å². The first-order valence-corrected chi connectivity index (χ1v) is 13.7. The van der Waals surface area contributed by atoms with Crippen LogP contribution in [0.2, 0.25) is 0 Å². The molecule has 2 aromatic carbocycles. The number of nitrogens with zero attached hydrogens (tertiary/aromatic N) is 2. The minimum Gasteiger partial charge on any atom is -0.491 e. The van der Waals surface area contributed by atoms with Crippen LogP contribution in [-0.4, -0.2) is 71.6 Å². The van der Waals surface area contributed by atoms with Gasteiger partial charge in [-0.2, -0.15) is 0 Å². The molecule has 38 heavy (non-hydrogen) atoms. The van der Waals surface area contributed by atoms with E-state index in [9.17, 15) is 14.0 Å². The first kappa shape index (κ1) is 26.2. The van der Waals surface area contributed by atoms with Crippen molar-refractivity contribution in [2.45, 2.75) is 51.0 Å². The Morgan fingerprint density at radius 3 is 2.82 bits per heavy atom. The van der Waals surface area contributed by atoms with Crippen LogP contribution in [0.15, 0.2) is 48.5 Å². The van der Waals surface area contributed by atoms with Crippen molar-refractivity contribution in [3.8, 4) is 5.75 Å². The third-order valence-corrected chi connectivity index (χ3v) is 7.64. The van der Waals surface area contributed by atoms with Crippen molar-refractivity contribution in [1.29, 1.82) is 0 Å². The molecule has 0 saturated carbocycles. The molecule has 7 nitrogen and oxygen atoms in total. The van der Waals surface area contributed by atoms with Gasteiger partial charge in [0.1, 0.15) is 23.9 Å². The quantitative estimate of drug-likeness (QED) is 0.527. The van der Waals surface area contributed by atoms with Crippen molar-refractivity contribution in [3.63, 3.8) is 0 Å². The summed E-state index contributed by atoms with van der Waals surface area (Å²) in [5, 5.41) is 0.643. The highest BCUT2D eigenvalue weighted by molar-refractivity contribution is 5.98. The zero-order valence-corrected chi connectivity index (χ0v) is 22.0. The zero-order valence-electron chi connectivity index (χ0n) is 22.0. The Bertz CT molecular complexity index is 1290. The molecule has 1 fully saturated rings. The number of benzene rings is 2. The van der Waals surface area contributed by atoms with Gasteiger partial charge in [0.25, 0.3) is 11.8 Å². The molecule has 2 aliphatic rings. The minimum absolute atomic E-state index is 0.0800. The molecule has 202 valence electrons. The number of morpholine rings is 1. The lowest BCUT2D eigenvalue weighted by molar-refractivity contribution is -0.170. The molecule has 3 aromatic rings. The molecule has 1 atom stereocenters. The molecule has 1 aromatic heterocycles. The van der Waals surface area contributed by atoms with Gasteiger partial charge in [0.05, 0.1) is 25.2 Å². The van der Waals surface area contributed by atoms with Gasteiger partial charge in [0.2, 0.25) is 0 Å². The SMILES string of the molecule is CCCCN1CCOc2ccccc2CCCCC2(CN(C(=O)c3cc4cccc(F)c4[nH]3)CCO2)C1=O. The first-order chi connectivity index (χ1) is 18.5. The molecule has 3 heterocycles. The molecule has 0 bridgehead atoms. The maximum absolute atomic E-state index is 14.3. The number of aryl methyl sites for hydroxylation is 1. The summed E-state index contributed by atoms with van der Waals surface area (Å²) in [6.45, 7) is 4.37. The first-order valence-electron chi connectivity index (χ1n) is 13.7. The van der Waals surface area contributed by atoms with E-state index in [1.54, 1.807) is 23.1 Å². The number of carbonyl (C=O) groups is 2. The van der Waals surface area contributed by atoms with Gasteiger partial charge < -0.3 is 24.3 Å². The molecule has 2 amide bonds. The molecule has 5 rings (SSSR count). The lowest BCUT2D eigenvalue weighted by Gasteiger charge is -2.44. The van der Waals surface area contributed by atoms with Crippen molar-refractivity contribution in [1.82, 2.24) is 14.8 Å². The number of hydrogen-bond acceptors (Lipinski definition) is 4. The number of ether oxygens (including phenoxy) is 2. The average molecular weight is 522 g/mol. The number of unbranched alkanes of at least 4 members (excludes halogenated alkanes) is 1. The highest BCUT2D eigenvalue weighted by Gasteiger charge is 2.46. The molecule has 1 spiro atoms. The summed E-state index contributed by atoms with van der Waals surface area (Å²) in [5.74, 6) is 0.152.